The Labute approximate surface area is 128 Å². The molecule has 0 aliphatic carbocycles. The van der Waals surface area contributed by atoms with Gasteiger partial charge in [-0.1, -0.05) is 36.9 Å². The second-order valence-corrected chi connectivity index (χ2v) is 5.73. The van der Waals surface area contributed by atoms with E-state index in [0.717, 1.165) is 27.3 Å². The summed E-state index contributed by atoms with van der Waals surface area (Å²) in [5.74, 6) is -0.836. The molecule has 0 spiro atoms. The van der Waals surface area contributed by atoms with Crippen LogP contribution >= 0.6 is 11.8 Å². The second kappa shape index (κ2) is 6.96. The zero-order chi connectivity index (χ0) is 15.2. The first-order chi connectivity index (χ1) is 10.1. The molecule has 1 N–H and O–H groups in total. The lowest BCUT2D eigenvalue weighted by Gasteiger charge is -2.06. The van der Waals surface area contributed by atoms with Gasteiger partial charge in [0.1, 0.15) is 6.07 Å². The van der Waals surface area contributed by atoms with E-state index in [0.29, 0.717) is 5.56 Å². The monoisotopic (exact) mass is 297 g/mol. The summed E-state index contributed by atoms with van der Waals surface area (Å²) in [6, 6.07) is 15.5. The summed E-state index contributed by atoms with van der Waals surface area (Å²) in [7, 11) is 0. The van der Waals surface area contributed by atoms with Gasteiger partial charge in [0, 0.05) is 9.79 Å². The molecule has 0 fully saturated rings. The normalized spacial score (nSPS) is 10.1. The molecule has 0 saturated heterocycles. The number of aryl methyl sites for hydroxylation is 1. The van der Waals surface area contributed by atoms with Gasteiger partial charge >= 0.3 is 5.97 Å². The largest absolute Gasteiger partial charge is 0.481 e. The topological polar surface area (TPSA) is 61.1 Å². The summed E-state index contributed by atoms with van der Waals surface area (Å²) >= 11 is 1.52. The summed E-state index contributed by atoms with van der Waals surface area (Å²) in [5, 5.41) is 18.0. The number of nitriles is 1. The molecule has 2 aromatic rings. The second-order valence-electron chi connectivity index (χ2n) is 4.61. The lowest BCUT2D eigenvalue weighted by molar-refractivity contribution is -0.136. The van der Waals surface area contributed by atoms with E-state index in [-0.39, 0.29) is 6.42 Å². The van der Waals surface area contributed by atoms with Gasteiger partial charge in [0.15, 0.2) is 0 Å². The minimum absolute atomic E-state index is 0.0274. The van der Waals surface area contributed by atoms with Crippen molar-refractivity contribution in [3.8, 4) is 6.07 Å². The number of rotatable bonds is 5. The van der Waals surface area contributed by atoms with Crippen LogP contribution in [-0.4, -0.2) is 11.1 Å². The highest BCUT2D eigenvalue weighted by Gasteiger charge is 2.06. The van der Waals surface area contributed by atoms with E-state index in [4.69, 9.17) is 5.11 Å². The van der Waals surface area contributed by atoms with Crippen LogP contribution in [-0.2, 0) is 17.6 Å². The minimum atomic E-state index is -0.836. The van der Waals surface area contributed by atoms with Crippen molar-refractivity contribution >= 4 is 17.7 Å². The average Bonchev–Trinajstić information content (AvgIpc) is 2.49. The van der Waals surface area contributed by atoms with E-state index in [2.05, 4.69) is 13.0 Å². The quantitative estimate of drug-likeness (QED) is 0.909. The summed E-state index contributed by atoms with van der Waals surface area (Å²) in [6.45, 7) is 2.06. The Kier molecular flexibility index (Phi) is 5.02. The first-order valence-electron chi connectivity index (χ1n) is 6.64. The fraction of sp³-hybridized carbons (Fsp3) is 0.176. The zero-order valence-electron chi connectivity index (χ0n) is 11.7. The van der Waals surface area contributed by atoms with Crippen LogP contribution in [0.3, 0.4) is 0 Å². The molecule has 0 bridgehead atoms. The Bertz CT molecular complexity index is 687. The maximum atomic E-state index is 10.6. The molecule has 0 aliphatic rings. The molecule has 0 amide bonds. The van der Waals surface area contributed by atoms with Gasteiger partial charge < -0.3 is 5.11 Å². The van der Waals surface area contributed by atoms with Crippen LogP contribution < -0.4 is 0 Å². The lowest BCUT2D eigenvalue weighted by Crippen LogP contribution is -1.99. The smallest absolute Gasteiger partial charge is 0.307 e. The fourth-order valence-corrected chi connectivity index (χ4v) is 2.83. The molecule has 0 atom stereocenters. The molecule has 0 aliphatic heterocycles. The van der Waals surface area contributed by atoms with Gasteiger partial charge in [0.25, 0.3) is 0 Å². The van der Waals surface area contributed by atoms with E-state index in [1.54, 1.807) is 0 Å². The van der Waals surface area contributed by atoms with Crippen molar-refractivity contribution in [3.05, 3.63) is 59.2 Å². The third-order valence-electron chi connectivity index (χ3n) is 3.08. The molecule has 0 aromatic heterocycles. The van der Waals surface area contributed by atoms with Crippen LogP contribution in [0.2, 0.25) is 0 Å². The predicted octanol–water partition coefficient (Wildman–Crippen LogP) is 3.90. The van der Waals surface area contributed by atoms with Crippen LogP contribution in [0.1, 0.15) is 23.6 Å². The molecular weight excluding hydrogens is 282 g/mol. The van der Waals surface area contributed by atoms with Crippen molar-refractivity contribution in [2.24, 2.45) is 0 Å². The number of benzene rings is 2. The molecule has 0 radical (unpaired) electrons. The first kappa shape index (κ1) is 15.1. The van der Waals surface area contributed by atoms with E-state index >= 15 is 0 Å². The number of carboxylic acid groups (broad SMARTS) is 1. The number of carbonyl (C=O) groups is 1. The Hall–Kier alpha value is -2.25. The van der Waals surface area contributed by atoms with Gasteiger partial charge in [0.2, 0.25) is 0 Å². The standard InChI is InChI=1S/C17H15NO2S/c1-2-12-5-8-16(14(9-12)11-18)21-15-6-3-13(4-7-15)10-17(19)20/h3-9H,2,10H2,1H3,(H,19,20). The molecule has 0 heterocycles. The van der Waals surface area contributed by atoms with Crippen molar-refractivity contribution in [3.63, 3.8) is 0 Å². The molecule has 4 heteroatoms. The Morgan fingerprint density at radius 3 is 2.43 bits per heavy atom. The summed E-state index contributed by atoms with van der Waals surface area (Å²) in [5.41, 5.74) is 2.59. The van der Waals surface area contributed by atoms with Crippen molar-refractivity contribution < 1.29 is 9.90 Å². The van der Waals surface area contributed by atoms with Crippen LogP contribution in [0.25, 0.3) is 0 Å². The molecule has 0 saturated carbocycles. The highest BCUT2D eigenvalue weighted by atomic mass is 32.2. The van der Waals surface area contributed by atoms with Crippen molar-refractivity contribution in [1.82, 2.24) is 0 Å². The predicted molar refractivity (Wildman–Crippen MR) is 82.4 cm³/mol. The van der Waals surface area contributed by atoms with E-state index in [1.807, 2.05) is 42.5 Å². The molecule has 2 rings (SSSR count). The first-order valence-corrected chi connectivity index (χ1v) is 7.45. The van der Waals surface area contributed by atoms with E-state index < -0.39 is 5.97 Å². The van der Waals surface area contributed by atoms with Gasteiger partial charge in [0.05, 0.1) is 12.0 Å². The summed E-state index contributed by atoms with van der Waals surface area (Å²) < 4.78 is 0. The van der Waals surface area contributed by atoms with Crippen LogP contribution in [0.5, 0.6) is 0 Å². The van der Waals surface area contributed by atoms with Gasteiger partial charge in [-0.25, -0.2) is 0 Å². The highest BCUT2D eigenvalue weighted by Crippen LogP contribution is 2.31. The van der Waals surface area contributed by atoms with Gasteiger partial charge in [-0.15, -0.1) is 0 Å². The number of hydrogen-bond donors (Lipinski definition) is 1. The lowest BCUT2D eigenvalue weighted by atomic mass is 10.1. The van der Waals surface area contributed by atoms with Gasteiger partial charge in [-0.2, -0.15) is 5.26 Å². The molecule has 21 heavy (non-hydrogen) atoms. The van der Waals surface area contributed by atoms with Gasteiger partial charge in [-0.3, -0.25) is 4.79 Å². The molecular formula is C17H15NO2S. The molecule has 0 unspecified atom stereocenters. The Morgan fingerprint density at radius 2 is 1.86 bits per heavy atom. The molecule has 2 aromatic carbocycles. The Balaban J connectivity index is 2.18. The average molecular weight is 297 g/mol. The van der Waals surface area contributed by atoms with Crippen LogP contribution in [0, 0.1) is 11.3 Å². The Morgan fingerprint density at radius 1 is 1.19 bits per heavy atom. The van der Waals surface area contributed by atoms with Gasteiger partial charge in [-0.05, 0) is 41.8 Å². The van der Waals surface area contributed by atoms with E-state index in [9.17, 15) is 10.1 Å². The fourth-order valence-electron chi connectivity index (χ4n) is 1.95. The van der Waals surface area contributed by atoms with Crippen molar-refractivity contribution in [1.29, 1.82) is 5.26 Å². The number of carboxylic acids is 1. The highest BCUT2D eigenvalue weighted by molar-refractivity contribution is 7.99. The molecule has 106 valence electrons. The maximum Gasteiger partial charge on any atom is 0.307 e. The third-order valence-corrected chi connectivity index (χ3v) is 4.16. The number of hydrogen-bond acceptors (Lipinski definition) is 3. The van der Waals surface area contributed by atoms with Crippen LogP contribution in [0.15, 0.2) is 52.3 Å². The number of aliphatic carboxylic acids is 1. The van der Waals surface area contributed by atoms with Crippen molar-refractivity contribution in [2.45, 2.75) is 29.6 Å². The van der Waals surface area contributed by atoms with E-state index in [1.165, 1.54) is 11.8 Å². The van der Waals surface area contributed by atoms with Crippen molar-refractivity contribution in [2.75, 3.05) is 0 Å². The third kappa shape index (κ3) is 4.11. The molecule has 3 nitrogen and oxygen atoms in total. The zero-order valence-corrected chi connectivity index (χ0v) is 12.5. The number of nitrogens with zero attached hydrogens (tertiary/aromatic N) is 1. The summed E-state index contributed by atoms with van der Waals surface area (Å²) in [6.07, 6.45) is 0.934. The summed E-state index contributed by atoms with van der Waals surface area (Å²) in [4.78, 5) is 12.6. The SMILES string of the molecule is CCc1ccc(Sc2ccc(CC(=O)O)cc2)c(C#N)c1. The minimum Gasteiger partial charge on any atom is -0.481 e. The van der Waals surface area contributed by atoms with Crippen LogP contribution in [0.4, 0.5) is 0 Å². The maximum absolute atomic E-state index is 10.6.